The molecule has 0 fully saturated rings. The van der Waals surface area contributed by atoms with Gasteiger partial charge in [0.25, 0.3) is 5.56 Å². The van der Waals surface area contributed by atoms with Crippen molar-refractivity contribution in [3.05, 3.63) is 74.4 Å². The highest BCUT2D eigenvalue weighted by Gasteiger charge is 2.15. The molecule has 3 rings (SSSR count). The highest BCUT2D eigenvalue weighted by Crippen LogP contribution is 2.22. The van der Waals surface area contributed by atoms with E-state index in [1.54, 1.807) is 6.08 Å². The third-order valence-corrected chi connectivity index (χ3v) is 5.00. The van der Waals surface area contributed by atoms with Crippen molar-refractivity contribution in [2.75, 3.05) is 0 Å². The average molecular weight is 337 g/mol. The van der Waals surface area contributed by atoms with Crippen LogP contribution in [0.5, 0.6) is 0 Å². The van der Waals surface area contributed by atoms with Crippen molar-refractivity contribution in [1.82, 2.24) is 4.98 Å². The van der Waals surface area contributed by atoms with Gasteiger partial charge in [0.05, 0.1) is 5.56 Å². The summed E-state index contributed by atoms with van der Waals surface area (Å²) in [5, 5.41) is 2.84. The lowest BCUT2D eigenvalue weighted by Crippen LogP contribution is -2.18. The smallest absolute Gasteiger partial charge is 0.260 e. The highest BCUT2D eigenvalue weighted by atomic mass is 32.1. The number of benzene rings is 1. The molecule has 2 aromatic heterocycles. The van der Waals surface area contributed by atoms with Crippen molar-refractivity contribution in [3.63, 3.8) is 0 Å². The first kappa shape index (κ1) is 16.4. The van der Waals surface area contributed by atoms with E-state index in [1.165, 1.54) is 23.0 Å². The summed E-state index contributed by atoms with van der Waals surface area (Å²) in [6.45, 7) is 6.11. The molecule has 24 heavy (non-hydrogen) atoms. The van der Waals surface area contributed by atoms with E-state index in [0.29, 0.717) is 5.92 Å². The van der Waals surface area contributed by atoms with E-state index in [9.17, 15) is 9.59 Å². The van der Waals surface area contributed by atoms with E-state index in [0.717, 1.165) is 21.3 Å². The van der Waals surface area contributed by atoms with Gasteiger partial charge < -0.3 is 4.98 Å². The number of hydrogen-bond donors (Lipinski definition) is 1. The second-order valence-electron chi connectivity index (χ2n) is 6.14. The molecule has 1 aromatic carbocycles. The number of aryl methyl sites for hydroxylation is 1. The zero-order valence-corrected chi connectivity index (χ0v) is 14.7. The summed E-state index contributed by atoms with van der Waals surface area (Å²) in [7, 11) is 0. The number of aromatic nitrogens is 1. The lowest BCUT2D eigenvalue weighted by atomic mass is 10.0. The van der Waals surface area contributed by atoms with Gasteiger partial charge in [-0.1, -0.05) is 44.2 Å². The summed E-state index contributed by atoms with van der Waals surface area (Å²) in [4.78, 5) is 28.3. The van der Waals surface area contributed by atoms with Crippen LogP contribution in [0.3, 0.4) is 0 Å². The number of carbonyl (C=O) groups is 1. The number of ketones is 1. The maximum atomic E-state index is 12.5. The number of carbonyl (C=O) groups excluding carboxylic acids is 1. The molecule has 0 bridgehead atoms. The Hall–Kier alpha value is -2.46. The molecule has 0 saturated carbocycles. The Labute approximate surface area is 144 Å². The van der Waals surface area contributed by atoms with Gasteiger partial charge in [-0.25, -0.2) is 0 Å². The van der Waals surface area contributed by atoms with E-state index in [1.807, 2.05) is 30.5 Å². The molecular formula is C20H19NO2S. The summed E-state index contributed by atoms with van der Waals surface area (Å²) in [5.74, 6) is 0.206. The van der Waals surface area contributed by atoms with Crippen LogP contribution in [0.25, 0.3) is 16.3 Å². The normalized spacial score (nSPS) is 11.7. The molecule has 0 amide bonds. The number of aromatic amines is 1. The fourth-order valence-electron chi connectivity index (χ4n) is 2.72. The number of rotatable bonds is 4. The van der Waals surface area contributed by atoms with Crippen LogP contribution in [-0.2, 0) is 0 Å². The molecule has 0 saturated heterocycles. The highest BCUT2D eigenvalue weighted by molar-refractivity contribution is 7.16. The fraction of sp³-hybridized carbons (Fsp3) is 0.200. The number of allylic oxidation sites excluding steroid dienone is 1. The molecule has 3 aromatic rings. The fourth-order valence-corrected chi connectivity index (χ4v) is 3.56. The van der Waals surface area contributed by atoms with E-state index in [4.69, 9.17) is 0 Å². The lowest BCUT2D eigenvalue weighted by Gasteiger charge is -2.05. The van der Waals surface area contributed by atoms with Gasteiger partial charge in [0.2, 0.25) is 0 Å². The molecule has 0 unspecified atom stereocenters. The summed E-state index contributed by atoms with van der Waals surface area (Å²) in [6.07, 6.45) is 3.23. The molecule has 0 aliphatic rings. The van der Waals surface area contributed by atoms with Crippen molar-refractivity contribution in [1.29, 1.82) is 0 Å². The van der Waals surface area contributed by atoms with Gasteiger partial charge in [-0.05, 0) is 47.1 Å². The van der Waals surface area contributed by atoms with Gasteiger partial charge in [0.15, 0.2) is 5.78 Å². The Kier molecular flexibility index (Phi) is 4.49. The molecule has 1 N–H and O–H groups in total. The van der Waals surface area contributed by atoms with Crippen LogP contribution in [0, 0.1) is 6.92 Å². The maximum absolute atomic E-state index is 12.5. The van der Waals surface area contributed by atoms with Crippen molar-refractivity contribution in [2.45, 2.75) is 26.7 Å². The second-order valence-corrected chi connectivity index (χ2v) is 7.05. The van der Waals surface area contributed by atoms with Crippen molar-refractivity contribution in [3.8, 4) is 0 Å². The Morgan fingerprint density at radius 1 is 1.17 bits per heavy atom. The zero-order valence-electron chi connectivity index (χ0n) is 13.9. The van der Waals surface area contributed by atoms with Crippen LogP contribution >= 0.6 is 11.3 Å². The summed E-state index contributed by atoms with van der Waals surface area (Å²) >= 11 is 1.46. The first-order valence-electron chi connectivity index (χ1n) is 7.90. The predicted octanol–water partition coefficient (Wildman–Crippen LogP) is 4.92. The van der Waals surface area contributed by atoms with E-state index in [2.05, 4.69) is 31.0 Å². The lowest BCUT2D eigenvalue weighted by molar-refractivity contribution is 0.104. The van der Waals surface area contributed by atoms with E-state index < -0.39 is 0 Å². The number of hydrogen-bond acceptors (Lipinski definition) is 3. The van der Waals surface area contributed by atoms with Gasteiger partial charge >= 0.3 is 0 Å². The average Bonchev–Trinajstić information content (AvgIpc) is 3.01. The summed E-state index contributed by atoms with van der Waals surface area (Å²) < 4.78 is 0. The first-order valence-corrected chi connectivity index (χ1v) is 8.78. The van der Waals surface area contributed by atoms with Gasteiger partial charge in [-0.2, -0.15) is 0 Å². The third-order valence-electron chi connectivity index (χ3n) is 4.18. The quantitative estimate of drug-likeness (QED) is 0.543. The molecule has 3 nitrogen and oxygen atoms in total. The molecule has 4 heteroatoms. The van der Waals surface area contributed by atoms with Crippen LogP contribution in [0.15, 0.2) is 46.6 Å². The van der Waals surface area contributed by atoms with Crippen molar-refractivity contribution < 1.29 is 4.79 Å². The SMILES string of the molecule is Cc1c(C(=O)C=Cc2ccc(C(C)C)cc2)c(=O)[nH]c2sccc12. The molecule has 0 aliphatic heterocycles. The number of nitrogens with one attached hydrogen (secondary N) is 1. The predicted molar refractivity (Wildman–Crippen MR) is 101 cm³/mol. The Bertz CT molecular complexity index is 975. The third kappa shape index (κ3) is 3.10. The van der Waals surface area contributed by atoms with Gasteiger partial charge in [0.1, 0.15) is 4.83 Å². The van der Waals surface area contributed by atoms with Gasteiger partial charge in [-0.3, -0.25) is 9.59 Å². The monoisotopic (exact) mass is 337 g/mol. The largest absolute Gasteiger partial charge is 0.313 e. The molecule has 122 valence electrons. The molecular weight excluding hydrogens is 318 g/mol. The second kappa shape index (κ2) is 6.57. The van der Waals surface area contributed by atoms with Crippen LogP contribution < -0.4 is 5.56 Å². The number of pyridine rings is 1. The summed E-state index contributed by atoms with van der Waals surface area (Å²) in [5.41, 5.74) is 2.83. The number of fused-ring (bicyclic) bond motifs is 1. The van der Waals surface area contributed by atoms with Crippen LogP contribution in [0.2, 0.25) is 0 Å². The first-order chi connectivity index (χ1) is 11.5. The molecule has 0 aliphatic carbocycles. The number of H-pyrrole nitrogens is 1. The van der Waals surface area contributed by atoms with E-state index >= 15 is 0 Å². The summed E-state index contributed by atoms with van der Waals surface area (Å²) in [6, 6.07) is 10.0. The van der Waals surface area contributed by atoms with Crippen LogP contribution in [0.4, 0.5) is 0 Å². The minimum Gasteiger partial charge on any atom is -0.313 e. The molecule has 0 atom stereocenters. The molecule has 2 heterocycles. The maximum Gasteiger partial charge on any atom is 0.260 e. The van der Waals surface area contributed by atoms with Gasteiger partial charge in [0, 0.05) is 5.39 Å². The Balaban J connectivity index is 1.91. The van der Waals surface area contributed by atoms with Gasteiger partial charge in [-0.15, -0.1) is 11.3 Å². The Morgan fingerprint density at radius 2 is 1.88 bits per heavy atom. The number of thiophene rings is 1. The van der Waals surface area contributed by atoms with E-state index in [-0.39, 0.29) is 16.9 Å². The Morgan fingerprint density at radius 3 is 2.54 bits per heavy atom. The minimum absolute atomic E-state index is 0.218. The molecule has 0 spiro atoms. The minimum atomic E-state index is -0.327. The van der Waals surface area contributed by atoms with Crippen molar-refractivity contribution in [2.24, 2.45) is 0 Å². The molecule has 0 radical (unpaired) electrons. The zero-order chi connectivity index (χ0) is 17.3. The van der Waals surface area contributed by atoms with Crippen LogP contribution in [0.1, 0.15) is 46.8 Å². The van der Waals surface area contributed by atoms with Crippen LogP contribution in [-0.4, -0.2) is 10.8 Å². The topological polar surface area (TPSA) is 49.9 Å². The standard InChI is InChI=1S/C20H19NO2S/c1-12(2)15-7-4-14(5-8-15)6-9-17(22)18-13(3)16-10-11-24-20(16)21-19(18)23/h4-12H,1-3H3,(H,21,23). The van der Waals surface area contributed by atoms with Crippen molar-refractivity contribution >= 4 is 33.4 Å².